The van der Waals surface area contributed by atoms with Crippen molar-refractivity contribution in [1.29, 1.82) is 0 Å². The van der Waals surface area contributed by atoms with Crippen molar-refractivity contribution in [2.75, 3.05) is 12.4 Å². The minimum Gasteiger partial charge on any atom is -0.482 e. The number of rotatable bonds is 8. The van der Waals surface area contributed by atoms with Crippen molar-refractivity contribution in [1.82, 2.24) is 0 Å². The van der Waals surface area contributed by atoms with Crippen LogP contribution in [0.3, 0.4) is 0 Å². The van der Waals surface area contributed by atoms with Gasteiger partial charge in [-0.15, -0.1) is 11.8 Å². The van der Waals surface area contributed by atoms with Gasteiger partial charge in [-0.3, -0.25) is 0 Å². The lowest BCUT2D eigenvalue weighted by atomic mass is 9.98. The van der Waals surface area contributed by atoms with Gasteiger partial charge in [0.25, 0.3) is 0 Å². The van der Waals surface area contributed by atoms with Gasteiger partial charge in [-0.2, -0.15) is 0 Å². The number of halogens is 3. The highest BCUT2D eigenvalue weighted by Crippen LogP contribution is 2.33. The molecule has 3 aromatic carbocycles. The van der Waals surface area contributed by atoms with Gasteiger partial charge in [0.15, 0.2) is 6.61 Å². The molecule has 0 atom stereocenters. The van der Waals surface area contributed by atoms with Crippen molar-refractivity contribution < 1.29 is 14.6 Å². The Morgan fingerprint density at radius 1 is 1.00 bits per heavy atom. The summed E-state index contributed by atoms with van der Waals surface area (Å²) in [5.74, 6) is 0.203. The van der Waals surface area contributed by atoms with Gasteiger partial charge in [-0.25, -0.2) is 4.79 Å². The second-order valence-corrected chi connectivity index (χ2v) is 9.01. The molecular weight excluding hydrogens is 507 g/mol. The smallest absolute Gasteiger partial charge is 0.341 e. The molecule has 0 unspecified atom stereocenters. The molecular formula is C23H17BrCl2O3S. The molecule has 0 aliphatic carbocycles. The summed E-state index contributed by atoms with van der Waals surface area (Å²) in [5.41, 5.74) is 3.08. The van der Waals surface area contributed by atoms with Crippen molar-refractivity contribution in [2.45, 2.75) is 4.90 Å². The van der Waals surface area contributed by atoms with Gasteiger partial charge in [-0.1, -0.05) is 53.5 Å². The van der Waals surface area contributed by atoms with Crippen LogP contribution in [0.15, 0.2) is 82.2 Å². The van der Waals surface area contributed by atoms with Crippen LogP contribution in [0.2, 0.25) is 10.0 Å². The summed E-state index contributed by atoms with van der Waals surface area (Å²) >= 11 is 17.6. The summed E-state index contributed by atoms with van der Waals surface area (Å²) in [7, 11) is 0. The van der Waals surface area contributed by atoms with Crippen LogP contribution < -0.4 is 4.74 Å². The van der Waals surface area contributed by atoms with E-state index in [0.29, 0.717) is 21.5 Å². The molecule has 30 heavy (non-hydrogen) atoms. The molecule has 0 fully saturated rings. The Balaban J connectivity index is 1.80. The van der Waals surface area contributed by atoms with E-state index in [4.69, 9.17) is 33.0 Å². The number of carbonyl (C=O) groups is 1. The highest BCUT2D eigenvalue weighted by atomic mass is 79.9. The molecule has 0 saturated heterocycles. The highest BCUT2D eigenvalue weighted by Gasteiger charge is 2.08. The predicted octanol–water partition coefficient (Wildman–Crippen LogP) is 7.44. The minimum absolute atomic E-state index is 0.371. The van der Waals surface area contributed by atoms with Crippen LogP contribution in [-0.4, -0.2) is 23.4 Å². The summed E-state index contributed by atoms with van der Waals surface area (Å²) in [6, 6.07) is 20.9. The number of ether oxygens (including phenoxy) is 1. The van der Waals surface area contributed by atoms with Gasteiger partial charge in [0.05, 0.1) is 0 Å². The Morgan fingerprint density at radius 2 is 1.63 bits per heavy atom. The zero-order valence-electron chi connectivity index (χ0n) is 15.6. The molecule has 0 amide bonds. The summed E-state index contributed by atoms with van der Waals surface area (Å²) in [5, 5.41) is 10.1. The van der Waals surface area contributed by atoms with Gasteiger partial charge >= 0.3 is 5.97 Å². The SMILES string of the molecule is O=C(O)COc1ccc(SCC=C(c2cccc(Cl)c2)c2cccc(Cl)c2)c(Br)c1. The zero-order chi connectivity index (χ0) is 21.5. The third-order valence-corrected chi connectivity index (χ3v) is 6.45. The van der Waals surface area contributed by atoms with Crippen molar-refractivity contribution in [3.63, 3.8) is 0 Å². The van der Waals surface area contributed by atoms with E-state index in [2.05, 4.69) is 22.0 Å². The summed E-state index contributed by atoms with van der Waals surface area (Å²) < 4.78 is 6.05. The number of aliphatic carboxylic acids is 1. The van der Waals surface area contributed by atoms with Crippen LogP contribution in [0.1, 0.15) is 11.1 Å². The van der Waals surface area contributed by atoms with Crippen molar-refractivity contribution >= 4 is 62.4 Å². The van der Waals surface area contributed by atoms with E-state index in [-0.39, 0.29) is 6.61 Å². The van der Waals surface area contributed by atoms with E-state index in [9.17, 15) is 4.79 Å². The maximum atomic E-state index is 10.6. The molecule has 0 saturated carbocycles. The first kappa shape index (κ1) is 22.8. The number of carboxylic acid groups (broad SMARTS) is 1. The highest BCUT2D eigenvalue weighted by molar-refractivity contribution is 9.10. The molecule has 0 bridgehead atoms. The second-order valence-electron chi connectivity index (χ2n) is 6.22. The van der Waals surface area contributed by atoms with Gasteiger partial charge in [-0.05, 0) is 75.1 Å². The topological polar surface area (TPSA) is 46.5 Å². The third kappa shape index (κ3) is 6.54. The van der Waals surface area contributed by atoms with Crippen LogP contribution in [-0.2, 0) is 4.79 Å². The van der Waals surface area contributed by atoms with E-state index in [1.807, 2.05) is 54.6 Å². The van der Waals surface area contributed by atoms with Crippen LogP contribution in [0.4, 0.5) is 0 Å². The maximum Gasteiger partial charge on any atom is 0.341 e. The van der Waals surface area contributed by atoms with Crippen molar-refractivity contribution in [3.05, 3.63) is 98.5 Å². The van der Waals surface area contributed by atoms with Crippen LogP contribution >= 0.6 is 50.9 Å². The molecule has 3 nitrogen and oxygen atoms in total. The van der Waals surface area contributed by atoms with Gasteiger partial charge in [0.2, 0.25) is 0 Å². The first-order valence-electron chi connectivity index (χ1n) is 8.91. The Morgan fingerprint density at radius 3 is 2.17 bits per heavy atom. The molecule has 3 aromatic rings. The molecule has 1 N–H and O–H groups in total. The molecule has 0 radical (unpaired) electrons. The van der Waals surface area contributed by atoms with Crippen LogP contribution in [0.5, 0.6) is 5.75 Å². The first-order valence-corrected chi connectivity index (χ1v) is 11.4. The molecule has 0 heterocycles. The average Bonchev–Trinajstić information content (AvgIpc) is 2.71. The van der Waals surface area contributed by atoms with E-state index in [1.165, 1.54) is 0 Å². The Bertz CT molecular complexity index is 1040. The largest absolute Gasteiger partial charge is 0.482 e. The molecule has 0 aliphatic rings. The lowest BCUT2D eigenvalue weighted by Gasteiger charge is -2.11. The molecule has 3 rings (SSSR count). The normalized spacial score (nSPS) is 10.5. The predicted molar refractivity (Wildman–Crippen MR) is 128 cm³/mol. The molecule has 0 spiro atoms. The standard InChI is InChI=1S/C23H17BrCl2O3S/c24-21-13-19(29-14-23(27)28)7-8-22(21)30-10-9-20(15-3-1-5-17(25)11-15)16-4-2-6-18(26)12-16/h1-9,11-13H,10,14H2,(H,27,28). The molecule has 154 valence electrons. The molecule has 0 aromatic heterocycles. The maximum absolute atomic E-state index is 10.6. The Hall–Kier alpha value is -1.92. The monoisotopic (exact) mass is 522 g/mol. The minimum atomic E-state index is -1.01. The number of hydrogen-bond acceptors (Lipinski definition) is 3. The van der Waals surface area contributed by atoms with Crippen LogP contribution in [0, 0.1) is 0 Å². The van der Waals surface area contributed by atoms with E-state index in [1.54, 1.807) is 23.9 Å². The fourth-order valence-electron chi connectivity index (χ4n) is 2.76. The second kappa shape index (κ2) is 10.9. The summed E-state index contributed by atoms with van der Waals surface area (Å²) in [6.45, 7) is -0.371. The Kier molecular flexibility index (Phi) is 8.28. The lowest BCUT2D eigenvalue weighted by Crippen LogP contribution is -2.09. The number of benzene rings is 3. The fourth-order valence-corrected chi connectivity index (χ4v) is 4.64. The average molecular weight is 524 g/mol. The van der Waals surface area contributed by atoms with Crippen LogP contribution in [0.25, 0.3) is 5.57 Å². The molecule has 0 aliphatic heterocycles. The zero-order valence-corrected chi connectivity index (χ0v) is 19.6. The number of carboxylic acids is 1. The lowest BCUT2D eigenvalue weighted by molar-refractivity contribution is -0.139. The van der Waals surface area contributed by atoms with Gasteiger partial charge < -0.3 is 9.84 Å². The quantitative estimate of drug-likeness (QED) is 0.311. The first-order chi connectivity index (χ1) is 14.4. The van der Waals surface area contributed by atoms with Crippen molar-refractivity contribution in [3.8, 4) is 5.75 Å². The Labute approximate surface area is 197 Å². The van der Waals surface area contributed by atoms with E-state index < -0.39 is 5.97 Å². The number of thioether (sulfide) groups is 1. The number of hydrogen-bond donors (Lipinski definition) is 1. The van der Waals surface area contributed by atoms with E-state index >= 15 is 0 Å². The summed E-state index contributed by atoms with van der Waals surface area (Å²) in [4.78, 5) is 11.7. The van der Waals surface area contributed by atoms with E-state index in [0.717, 1.165) is 26.1 Å². The van der Waals surface area contributed by atoms with Crippen molar-refractivity contribution in [2.24, 2.45) is 0 Å². The fraction of sp³-hybridized carbons (Fsp3) is 0.0870. The van der Waals surface area contributed by atoms with Gasteiger partial charge in [0, 0.05) is 25.2 Å². The summed E-state index contributed by atoms with van der Waals surface area (Å²) in [6.07, 6.45) is 2.14. The molecule has 7 heteroatoms. The van der Waals surface area contributed by atoms with Gasteiger partial charge in [0.1, 0.15) is 5.75 Å². The third-order valence-electron chi connectivity index (χ3n) is 4.06.